The Bertz CT molecular complexity index is 1010. The highest BCUT2D eigenvalue weighted by Crippen LogP contribution is 2.42. The zero-order valence-corrected chi connectivity index (χ0v) is 20.0. The Kier molecular flexibility index (Phi) is 7.58. The first kappa shape index (κ1) is 23.6. The van der Waals surface area contributed by atoms with Crippen LogP contribution in [-0.2, 0) is 9.59 Å². The zero-order valence-electron chi connectivity index (χ0n) is 19.2. The first-order chi connectivity index (χ1) is 16.0. The monoisotopic (exact) mass is 470 g/mol. The molecule has 0 radical (unpaired) electrons. The van der Waals surface area contributed by atoms with Crippen LogP contribution in [0.2, 0.25) is 0 Å². The second kappa shape index (κ2) is 10.6. The van der Waals surface area contributed by atoms with Crippen LogP contribution >= 0.6 is 11.8 Å². The molecule has 7 heteroatoms. The molecule has 2 amide bonds. The summed E-state index contributed by atoms with van der Waals surface area (Å²) in [5.41, 5.74) is 1.69. The average molecular weight is 471 g/mol. The fraction of sp³-hybridized carbons (Fsp3) is 0.462. The van der Waals surface area contributed by atoms with Gasteiger partial charge in [0, 0.05) is 29.2 Å². The van der Waals surface area contributed by atoms with Gasteiger partial charge in [-0.05, 0) is 49.1 Å². The third-order valence-electron chi connectivity index (χ3n) is 6.58. The van der Waals surface area contributed by atoms with Gasteiger partial charge in [0.15, 0.2) is 0 Å². The second-order valence-electron chi connectivity index (χ2n) is 8.65. The van der Waals surface area contributed by atoms with Crippen molar-refractivity contribution in [1.82, 2.24) is 10.2 Å². The third-order valence-corrected chi connectivity index (χ3v) is 7.70. The molecule has 1 saturated heterocycles. The van der Waals surface area contributed by atoms with E-state index in [1.807, 2.05) is 29.2 Å². The quantitative estimate of drug-likeness (QED) is 0.599. The van der Waals surface area contributed by atoms with Crippen molar-refractivity contribution in [2.45, 2.75) is 56.0 Å². The highest BCUT2D eigenvalue weighted by molar-refractivity contribution is 7.99. The molecule has 1 fully saturated rings. The van der Waals surface area contributed by atoms with Gasteiger partial charge in [0.1, 0.15) is 11.6 Å². The number of rotatable bonds is 7. The van der Waals surface area contributed by atoms with Gasteiger partial charge in [0.2, 0.25) is 11.8 Å². The molecule has 2 aromatic rings. The number of ether oxygens (including phenoxy) is 1. The van der Waals surface area contributed by atoms with E-state index in [2.05, 4.69) is 12.2 Å². The number of benzene rings is 2. The Balaban J connectivity index is 1.65. The standard InChI is InChI=1S/C26H31FN2O3S/c1-3-4-14-29-24(30)12-10-19(25(29)18-7-5-6-8-22(18)32-2)26(31)28-21-13-15-33-23-11-9-17(27)16-20(21)23/h5-9,11,16,19,21,25H,3-4,10,12-15H2,1-2H3,(H,28,31). The van der Waals surface area contributed by atoms with Crippen LogP contribution in [0.4, 0.5) is 4.39 Å². The van der Waals surface area contributed by atoms with Crippen LogP contribution in [0, 0.1) is 11.7 Å². The first-order valence-corrected chi connectivity index (χ1v) is 12.7. The number of amides is 2. The van der Waals surface area contributed by atoms with E-state index in [0.717, 1.165) is 41.0 Å². The lowest BCUT2D eigenvalue weighted by molar-refractivity contribution is -0.143. The third kappa shape index (κ3) is 5.03. The van der Waals surface area contributed by atoms with Crippen LogP contribution in [0.5, 0.6) is 5.75 Å². The number of methoxy groups -OCH3 is 1. The average Bonchev–Trinajstić information content (AvgIpc) is 2.83. The van der Waals surface area contributed by atoms with Gasteiger partial charge in [-0.2, -0.15) is 0 Å². The van der Waals surface area contributed by atoms with Gasteiger partial charge < -0.3 is 15.0 Å². The summed E-state index contributed by atoms with van der Waals surface area (Å²) in [5, 5.41) is 3.20. The van der Waals surface area contributed by atoms with Gasteiger partial charge >= 0.3 is 0 Å². The lowest BCUT2D eigenvalue weighted by atomic mass is 9.82. The Hall–Kier alpha value is -2.54. The number of carbonyl (C=O) groups excluding carboxylic acids is 2. The number of carbonyl (C=O) groups is 2. The fourth-order valence-corrected chi connectivity index (χ4v) is 6.01. The Morgan fingerprint density at radius 2 is 2.03 bits per heavy atom. The highest BCUT2D eigenvalue weighted by Gasteiger charge is 2.42. The number of halogens is 1. The van der Waals surface area contributed by atoms with Crippen LogP contribution in [0.3, 0.4) is 0 Å². The second-order valence-corrected chi connectivity index (χ2v) is 9.79. The molecular weight excluding hydrogens is 439 g/mol. The van der Waals surface area contributed by atoms with Crippen molar-refractivity contribution >= 4 is 23.6 Å². The molecule has 4 rings (SSSR count). The minimum Gasteiger partial charge on any atom is -0.496 e. The number of nitrogens with one attached hydrogen (secondary N) is 1. The lowest BCUT2D eigenvalue weighted by Gasteiger charge is -2.42. The molecule has 3 unspecified atom stereocenters. The molecule has 2 aromatic carbocycles. The maximum absolute atomic E-state index is 14.0. The predicted molar refractivity (Wildman–Crippen MR) is 128 cm³/mol. The Labute approximate surface area is 199 Å². The molecule has 3 atom stereocenters. The molecule has 5 nitrogen and oxygen atoms in total. The van der Waals surface area contributed by atoms with Crippen LogP contribution in [0.25, 0.3) is 0 Å². The Morgan fingerprint density at radius 3 is 2.82 bits per heavy atom. The number of thioether (sulfide) groups is 1. The molecule has 33 heavy (non-hydrogen) atoms. The summed E-state index contributed by atoms with van der Waals surface area (Å²) >= 11 is 1.69. The first-order valence-electron chi connectivity index (χ1n) is 11.7. The normalized spacial score (nSPS) is 22.6. The summed E-state index contributed by atoms with van der Waals surface area (Å²) in [4.78, 5) is 29.5. The molecule has 1 N–H and O–H groups in total. The van der Waals surface area contributed by atoms with E-state index in [9.17, 15) is 14.0 Å². The van der Waals surface area contributed by atoms with Crippen LogP contribution in [0.1, 0.15) is 62.2 Å². The number of likely N-dealkylation sites (tertiary alicyclic amines) is 1. The van der Waals surface area contributed by atoms with Crippen molar-refractivity contribution in [2.75, 3.05) is 19.4 Å². The van der Waals surface area contributed by atoms with Gasteiger partial charge in [-0.1, -0.05) is 31.5 Å². The van der Waals surface area contributed by atoms with Crippen molar-refractivity contribution < 1.29 is 18.7 Å². The minimum absolute atomic E-state index is 0.0740. The van der Waals surface area contributed by atoms with Gasteiger partial charge in [0.25, 0.3) is 0 Å². The molecule has 0 bridgehead atoms. The van der Waals surface area contributed by atoms with E-state index < -0.39 is 5.92 Å². The highest BCUT2D eigenvalue weighted by atomic mass is 32.2. The van der Waals surface area contributed by atoms with Gasteiger partial charge in [-0.25, -0.2) is 4.39 Å². The van der Waals surface area contributed by atoms with E-state index in [1.54, 1.807) is 24.9 Å². The van der Waals surface area contributed by atoms with Crippen LogP contribution in [0.15, 0.2) is 47.4 Å². The maximum atomic E-state index is 14.0. The summed E-state index contributed by atoms with van der Waals surface area (Å²) in [6.07, 6.45) is 3.41. The van der Waals surface area contributed by atoms with Gasteiger partial charge in [-0.15, -0.1) is 11.8 Å². The van der Waals surface area contributed by atoms with E-state index >= 15 is 0 Å². The van der Waals surface area contributed by atoms with Crippen molar-refractivity contribution in [1.29, 1.82) is 0 Å². The lowest BCUT2D eigenvalue weighted by Crippen LogP contribution is -2.49. The molecule has 0 aromatic heterocycles. The summed E-state index contributed by atoms with van der Waals surface area (Å²) in [7, 11) is 1.61. The smallest absolute Gasteiger partial charge is 0.226 e. The fourth-order valence-electron chi connectivity index (χ4n) is 4.91. The van der Waals surface area contributed by atoms with E-state index in [4.69, 9.17) is 4.74 Å². The molecule has 2 aliphatic rings. The number of piperidine rings is 1. The topological polar surface area (TPSA) is 58.6 Å². The van der Waals surface area contributed by atoms with E-state index in [0.29, 0.717) is 25.1 Å². The Morgan fingerprint density at radius 1 is 1.21 bits per heavy atom. The molecular formula is C26H31FN2O3S. The van der Waals surface area contributed by atoms with E-state index in [1.165, 1.54) is 12.1 Å². The van der Waals surface area contributed by atoms with E-state index in [-0.39, 0.29) is 29.7 Å². The predicted octanol–water partition coefficient (Wildman–Crippen LogP) is 5.27. The molecule has 2 heterocycles. The largest absolute Gasteiger partial charge is 0.496 e. The molecule has 2 aliphatic heterocycles. The minimum atomic E-state index is -0.401. The number of unbranched alkanes of at least 4 members (excludes halogenated alkanes) is 1. The number of nitrogens with zero attached hydrogens (tertiary/aromatic N) is 1. The van der Waals surface area contributed by atoms with Crippen molar-refractivity contribution in [3.63, 3.8) is 0 Å². The number of hydrogen-bond donors (Lipinski definition) is 1. The number of para-hydroxylation sites is 1. The molecule has 0 aliphatic carbocycles. The summed E-state index contributed by atoms with van der Waals surface area (Å²) in [6, 6.07) is 11.8. The van der Waals surface area contributed by atoms with Gasteiger partial charge in [-0.3, -0.25) is 9.59 Å². The summed E-state index contributed by atoms with van der Waals surface area (Å²) < 4.78 is 19.6. The van der Waals surface area contributed by atoms with Crippen molar-refractivity contribution in [3.8, 4) is 5.75 Å². The maximum Gasteiger partial charge on any atom is 0.226 e. The van der Waals surface area contributed by atoms with Crippen molar-refractivity contribution in [3.05, 3.63) is 59.4 Å². The molecule has 0 saturated carbocycles. The summed E-state index contributed by atoms with van der Waals surface area (Å²) in [6.45, 7) is 2.70. The number of fused-ring (bicyclic) bond motifs is 1. The van der Waals surface area contributed by atoms with Gasteiger partial charge in [0.05, 0.1) is 25.1 Å². The van der Waals surface area contributed by atoms with Crippen LogP contribution < -0.4 is 10.1 Å². The summed E-state index contributed by atoms with van der Waals surface area (Å²) in [5.74, 6) is 0.833. The SMILES string of the molecule is CCCCN1C(=O)CCC(C(=O)NC2CCSc3ccc(F)cc32)C1c1ccccc1OC. The molecule has 0 spiro atoms. The van der Waals surface area contributed by atoms with Crippen molar-refractivity contribution in [2.24, 2.45) is 5.92 Å². The molecule has 176 valence electrons. The number of hydrogen-bond acceptors (Lipinski definition) is 4. The zero-order chi connectivity index (χ0) is 23.4. The van der Waals surface area contributed by atoms with Crippen LogP contribution in [-0.4, -0.2) is 36.1 Å².